The van der Waals surface area contributed by atoms with Gasteiger partial charge in [0.1, 0.15) is 18.7 Å². The fraction of sp³-hybridized carbons (Fsp3) is 0.200. The van der Waals surface area contributed by atoms with Gasteiger partial charge in [0.2, 0.25) is 11.8 Å². The predicted molar refractivity (Wildman–Crippen MR) is 110 cm³/mol. The van der Waals surface area contributed by atoms with Crippen molar-refractivity contribution < 1.29 is 9.59 Å². The second kappa shape index (κ2) is 9.18. The maximum atomic E-state index is 12.2. The van der Waals surface area contributed by atoms with Crippen LogP contribution in [0.3, 0.4) is 0 Å². The summed E-state index contributed by atoms with van der Waals surface area (Å²) in [5.41, 5.74) is 2.47. The molecule has 0 radical (unpaired) electrons. The lowest BCUT2D eigenvalue weighted by molar-refractivity contribution is -0.119. The van der Waals surface area contributed by atoms with E-state index < -0.39 is 6.04 Å². The largest absolute Gasteiger partial charge is 0.325 e. The summed E-state index contributed by atoms with van der Waals surface area (Å²) in [4.78, 5) is 29.3. The molecule has 0 aliphatic carbocycles. The number of nitrogens with zero attached hydrogens (tertiary/aromatic N) is 3. The molecule has 3 aromatic rings. The number of thioether (sulfide) groups is 1. The molecular formula is C20H21N5O2S. The van der Waals surface area contributed by atoms with Crippen molar-refractivity contribution in [3.05, 3.63) is 66.7 Å². The van der Waals surface area contributed by atoms with Crippen LogP contribution in [-0.4, -0.2) is 32.3 Å². The number of carbonyl (C=O) groups excluding carboxylic acids is 2. The SMILES string of the molecule is Cc1ccccc1SCC(=O)Nc1ccc(NC(=O)[C@H](C)n2cncn2)cc1. The zero-order valence-corrected chi connectivity index (χ0v) is 16.4. The Bertz CT molecular complexity index is 941. The van der Waals surface area contributed by atoms with E-state index in [2.05, 4.69) is 20.7 Å². The summed E-state index contributed by atoms with van der Waals surface area (Å²) in [6, 6.07) is 14.5. The zero-order valence-electron chi connectivity index (χ0n) is 15.6. The number of hydrogen-bond acceptors (Lipinski definition) is 5. The van der Waals surface area contributed by atoms with Gasteiger partial charge in [-0.3, -0.25) is 9.59 Å². The molecule has 0 fully saturated rings. The molecule has 1 aromatic heterocycles. The third kappa shape index (κ3) is 5.20. The van der Waals surface area contributed by atoms with Crippen molar-refractivity contribution >= 4 is 35.0 Å². The van der Waals surface area contributed by atoms with Gasteiger partial charge in [-0.2, -0.15) is 5.10 Å². The summed E-state index contributed by atoms with van der Waals surface area (Å²) in [6.45, 7) is 3.77. The van der Waals surface area contributed by atoms with Crippen molar-refractivity contribution in [3.8, 4) is 0 Å². The second-order valence-corrected chi connectivity index (χ2v) is 7.24. The molecule has 0 unspecified atom stereocenters. The van der Waals surface area contributed by atoms with Gasteiger partial charge in [-0.15, -0.1) is 11.8 Å². The standard InChI is InChI=1S/C20H21N5O2S/c1-14-5-3-4-6-18(14)28-11-19(26)23-16-7-9-17(10-8-16)24-20(27)15(2)25-13-21-12-22-25/h3-10,12-13,15H,11H2,1-2H3,(H,23,26)(H,24,27)/t15-/m0/s1. The number of nitrogens with one attached hydrogen (secondary N) is 2. The van der Waals surface area contributed by atoms with Gasteiger partial charge >= 0.3 is 0 Å². The summed E-state index contributed by atoms with van der Waals surface area (Å²) in [6.07, 6.45) is 2.89. The molecule has 0 saturated carbocycles. The van der Waals surface area contributed by atoms with Gasteiger partial charge < -0.3 is 10.6 Å². The molecule has 0 spiro atoms. The highest BCUT2D eigenvalue weighted by molar-refractivity contribution is 8.00. The second-order valence-electron chi connectivity index (χ2n) is 6.22. The van der Waals surface area contributed by atoms with Crippen molar-refractivity contribution in [1.29, 1.82) is 0 Å². The minimum atomic E-state index is -0.472. The summed E-state index contributed by atoms with van der Waals surface area (Å²) in [7, 11) is 0. The normalized spacial score (nSPS) is 11.6. The minimum absolute atomic E-state index is 0.0788. The average Bonchev–Trinajstić information content (AvgIpc) is 3.23. The van der Waals surface area contributed by atoms with Gasteiger partial charge in [-0.25, -0.2) is 9.67 Å². The number of carbonyl (C=O) groups is 2. The minimum Gasteiger partial charge on any atom is -0.325 e. The molecule has 2 aromatic carbocycles. The van der Waals surface area contributed by atoms with Gasteiger partial charge in [0.05, 0.1) is 5.75 Å². The van der Waals surface area contributed by atoms with Gasteiger partial charge in [-0.05, 0) is 49.7 Å². The van der Waals surface area contributed by atoms with Crippen LogP contribution >= 0.6 is 11.8 Å². The van der Waals surface area contributed by atoms with Crippen molar-refractivity contribution in [2.24, 2.45) is 0 Å². The predicted octanol–water partition coefficient (Wildman–Crippen LogP) is 3.52. The van der Waals surface area contributed by atoms with E-state index in [1.54, 1.807) is 31.2 Å². The average molecular weight is 395 g/mol. The first-order valence-electron chi connectivity index (χ1n) is 8.76. The van der Waals surface area contributed by atoms with Gasteiger partial charge in [0, 0.05) is 16.3 Å². The Balaban J connectivity index is 1.50. The number of anilines is 2. The first-order chi connectivity index (χ1) is 13.5. The fourth-order valence-corrected chi connectivity index (χ4v) is 3.31. The molecule has 2 amide bonds. The third-order valence-corrected chi connectivity index (χ3v) is 5.28. The van der Waals surface area contributed by atoms with E-state index >= 15 is 0 Å². The van der Waals surface area contributed by atoms with Crippen molar-refractivity contribution in [2.75, 3.05) is 16.4 Å². The summed E-state index contributed by atoms with van der Waals surface area (Å²) in [5, 5.41) is 9.65. The topological polar surface area (TPSA) is 88.9 Å². The molecule has 0 aliphatic rings. The maximum Gasteiger partial charge on any atom is 0.249 e. The van der Waals surface area contributed by atoms with Gasteiger partial charge in [-0.1, -0.05) is 18.2 Å². The zero-order chi connectivity index (χ0) is 19.9. The molecule has 28 heavy (non-hydrogen) atoms. The summed E-state index contributed by atoms with van der Waals surface area (Å²) >= 11 is 1.51. The molecule has 7 nitrogen and oxygen atoms in total. The molecule has 1 heterocycles. The number of rotatable bonds is 7. The van der Waals surface area contributed by atoms with Crippen molar-refractivity contribution in [1.82, 2.24) is 14.8 Å². The Kier molecular flexibility index (Phi) is 6.44. The molecule has 1 atom stereocenters. The van der Waals surface area contributed by atoms with Gasteiger partial charge in [0.25, 0.3) is 0 Å². The lowest BCUT2D eigenvalue weighted by Gasteiger charge is -2.12. The van der Waals surface area contributed by atoms with Crippen LogP contribution in [0.15, 0.2) is 66.1 Å². The Hall–Kier alpha value is -3.13. The van der Waals surface area contributed by atoms with E-state index in [1.165, 1.54) is 29.1 Å². The molecule has 0 saturated heterocycles. The molecule has 0 aliphatic heterocycles. The molecular weight excluding hydrogens is 374 g/mol. The van der Waals surface area contributed by atoms with Crippen LogP contribution in [-0.2, 0) is 9.59 Å². The Labute approximate surface area is 167 Å². The molecule has 144 valence electrons. The quantitative estimate of drug-likeness (QED) is 0.598. The van der Waals surface area contributed by atoms with E-state index in [1.807, 2.05) is 31.2 Å². The Morgan fingerprint density at radius 2 is 1.75 bits per heavy atom. The van der Waals surface area contributed by atoms with Crippen LogP contribution in [0.25, 0.3) is 0 Å². The van der Waals surface area contributed by atoms with Gasteiger partial charge in [0.15, 0.2) is 0 Å². The number of aryl methyl sites for hydroxylation is 1. The number of amides is 2. The third-order valence-electron chi connectivity index (χ3n) is 4.10. The lowest BCUT2D eigenvalue weighted by atomic mass is 10.2. The first-order valence-corrected chi connectivity index (χ1v) is 9.75. The molecule has 3 rings (SSSR count). The number of benzene rings is 2. The lowest BCUT2D eigenvalue weighted by Crippen LogP contribution is -2.24. The summed E-state index contributed by atoms with van der Waals surface area (Å²) < 4.78 is 1.48. The number of aromatic nitrogens is 3. The van der Waals surface area contributed by atoms with Crippen LogP contribution in [0.2, 0.25) is 0 Å². The molecule has 8 heteroatoms. The monoisotopic (exact) mass is 395 g/mol. The fourth-order valence-electron chi connectivity index (χ4n) is 2.48. The van der Waals surface area contributed by atoms with E-state index in [0.717, 1.165) is 10.5 Å². The summed E-state index contributed by atoms with van der Waals surface area (Å²) in [5.74, 6) is 0.0560. The van der Waals surface area contributed by atoms with Crippen LogP contribution in [0, 0.1) is 6.92 Å². The molecule has 2 N–H and O–H groups in total. The Morgan fingerprint density at radius 1 is 1.07 bits per heavy atom. The van der Waals surface area contributed by atoms with Crippen molar-refractivity contribution in [2.45, 2.75) is 24.8 Å². The highest BCUT2D eigenvalue weighted by Crippen LogP contribution is 2.22. The van der Waals surface area contributed by atoms with E-state index in [4.69, 9.17) is 0 Å². The number of hydrogen-bond donors (Lipinski definition) is 2. The Morgan fingerprint density at radius 3 is 2.39 bits per heavy atom. The van der Waals surface area contributed by atoms with E-state index in [0.29, 0.717) is 17.1 Å². The van der Waals surface area contributed by atoms with E-state index in [9.17, 15) is 9.59 Å². The maximum absolute atomic E-state index is 12.2. The van der Waals surface area contributed by atoms with Crippen LogP contribution in [0.5, 0.6) is 0 Å². The highest BCUT2D eigenvalue weighted by atomic mass is 32.2. The van der Waals surface area contributed by atoms with E-state index in [-0.39, 0.29) is 11.8 Å². The first kappa shape index (κ1) is 19.6. The van der Waals surface area contributed by atoms with Crippen molar-refractivity contribution in [3.63, 3.8) is 0 Å². The smallest absolute Gasteiger partial charge is 0.249 e. The van der Waals surface area contributed by atoms with Crippen LogP contribution in [0.4, 0.5) is 11.4 Å². The van der Waals surface area contributed by atoms with Crippen LogP contribution < -0.4 is 10.6 Å². The molecule has 0 bridgehead atoms. The highest BCUT2D eigenvalue weighted by Gasteiger charge is 2.15. The van der Waals surface area contributed by atoms with Crippen LogP contribution in [0.1, 0.15) is 18.5 Å².